The Morgan fingerprint density at radius 2 is 1.63 bits per heavy atom. The number of carbonyl (C=O) groups is 1. The molecular weight excluding hydrogens is 336 g/mol. The van der Waals surface area contributed by atoms with Crippen LogP contribution in [0, 0.1) is 0 Å². The number of ether oxygens (including phenoxy) is 2. The van der Waals surface area contributed by atoms with Gasteiger partial charge in [0.15, 0.2) is 0 Å². The van der Waals surface area contributed by atoms with Gasteiger partial charge in [0.05, 0.1) is 6.61 Å². The molecule has 0 aliphatic rings. The molecule has 0 amide bonds. The normalized spacial score (nSPS) is 11.3. The van der Waals surface area contributed by atoms with E-state index in [0.29, 0.717) is 13.2 Å². The molecule has 0 spiro atoms. The second-order valence-electron chi connectivity index (χ2n) is 6.61. The summed E-state index contributed by atoms with van der Waals surface area (Å²) in [5.41, 5.74) is 2.87. The summed E-state index contributed by atoms with van der Waals surface area (Å²) in [6.45, 7) is 5.24. The molecule has 27 heavy (non-hydrogen) atoms. The molecule has 0 atom stereocenters. The Hall–Kier alpha value is -2.55. The molecule has 2 rings (SSSR count). The Bertz CT molecular complexity index is 702. The van der Waals surface area contributed by atoms with Crippen molar-refractivity contribution in [2.75, 3.05) is 6.61 Å². The molecule has 0 saturated heterocycles. The highest BCUT2D eigenvalue weighted by Crippen LogP contribution is 2.19. The van der Waals surface area contributed by atoms with Crippen molar-refractivity contribution in [2.45, 2.75) is 52.6 Å². The molecule has 0 N–H and O–H groups in total. The van der Waals surface area contributed by atoms with Crippen molar-refractivity contribution in [3.8, 4) is 5.75 Å². The molecule has 0 heterocycles. The summed E-state index contributed by atoms with van der Waals surface area (Å²) in [4.78, 5) is 12.3. The maximum atomic E-state index is 12.3. The lowest BCUT2D eigenvalue weighted by molar-refractivity contribution is -0.139. The van der Waals surface area contributed by atoms with E-state index in [2.05, 4.69) is 13.8 Å². The molecule has 0 fully saturated rings. The number of benzene rings is 2. The smallest absolute Gasteiger partial charge is 0.334 e. The number of esters is 1. The zero-order chi connectivity index (χ0) is 19.3. The summed E-state index contributed by atoms with van der Waals surface area (Å²) in [6.07, 6.45) is 6.63. The van der Waals surface area contributed by atoms with Gasteiger partial charge in [-0.25, -0.2) is 4.79 Å². The summed E-state index contributed by atoms with van der Waals surface area (Å²) in [5, 5.41) is 0. The van der Waals surface area contributed by atoms with Crippen LogP contribution < -0.4 is 4.74 Å². The molecule has 144 valence electrons. The average Bonchev–Trinajstić information content (AvgIpc) is 2.71. The van der Waals surface area contributed by atoms with E-state index in [0.717, 1.165) is 54.6 Å². The SMILES string of the molecule is CCCCOC(=O)C(=Cc1ccc(OCc2ccccc2)cc1)CCCC. The standard InChI is InChI=1S/C24H30O3/c1-3-5-12-22(24(25)26-17-6-4-2)18-20-13-15-23(16-14-20)27-19-21-10-8-7-9-11-21/h7-11,13-16,18H,3-6,12,17,19H2,1-2H3. The fourth-order valence-corrected chi connectivity index (χ4v) is 2.60. The largest absolute Gasteiger partial charge is 0.489 e. The Labute approximate surface area is 163 Å². The Balaban J connectivity index is 1.99. The van der Waals surface area contributed by atoms with E-state index < -0.39 is 0 Å². The highest BCUT2D eigenvalue weighted by atomic mass is 16.5. The summed E-state index contributed by atoms with van der Waals surface area (Å²) in [5.74, 6) is 0.623. The van der Waals surface area contributed by atoms with Crippen LogP contribution in [-0.4, -0.2) is 12.6 Å². The fourth-order valence-electron chi connectivity index (χ4n) is 2.60. The Kier molecular flexibility index (Phi) is 9.19. The van der Waals surface area contributed by atoms with Crippen LogP contribution in [0.3, 0.4) is 0 Å². The van der Waals surface area contributed by atoms with Gasteiger partial charge in [-0.05, 0) is 48.6 Å². The Morgan fingerprint density at radius 3 is 2.30 bits per heavy atom. The van der Waals surface area contributed by atoms with Crippen molar-refractivity contribution < 1.29 is 14.3 Å². The van der Waals surface area contributed by atoms with Gasteiger partial charge in [0.1, 0.15) is 12.4 Å². The fraction of sp³-hybridized carbons (Fsp3) is 0.375. The summed E-state index contributed by atoms with van der Waals surface area (Å²) in [7, 11) is 0. The van der Waals surface area contributed by atoms with Crippen LogP contribution in [-0.2, 0) is 16.1 Å². The monoisotopic (exact) mass is 366 g/mol. The third-order valence-electron chi connectivity index (χ3n) is 4.26. The van der Waals surface area contributed by atoms with Crippen molar-refractivity contribution in [1.82, 2.24) is 0 Å². The first-order chi connectivity index (χ1) is 13.2. The van der Waals surface area contributed by atoms with Crippen molar-refractivity contribution in [3.05, 3.63) is 71.3 Å². The van der Waals surface area contributed by atoms with Crippen molar-refractivity contribution in [1.29, 1.82) is 0 Å². The predicted octanol–water partition coefficient (Wildman–Crippen LogP) is 6.18. The van der Waals surface area contributed by atoms with E-state index >= 15 is 0 Å². The van der Waals surface area contributed by atoms with E-state index in [4.69, 9.17) is 9.47 Å². The van der Waals surface area contributed by atoms with Gasteiger partial charge < -0.3 is 9.47 Å². The van der Waals surface area contributed by atoms with E-state index in [1.807, 2.05) is 60.7 Å². The Morgan fingerprint density at radius 1 is 0.926 bits per heavy atom. The van der Waals surface area contributed by atoms with E-state index in [9.17, 15) is 4.79 Å². The molecule has 3 heteroatoms. The number of hydrogen-bond donors (Lipinski definition) is 0. The van der Waals surface area contributed by atoms with Crippen molar-refractivity contribution in [3.63, 3.8) is 0 Å². The quantitative estimate of drug-likeness (QED) is 0.270. The van der Waals surface area contributed by atoms with Gasteiger partial charge in [-0.2, -0.15) is 0 Å². The minimum Gasteiger partial charge on any atom is -0.489 e. The van der Waals surface area contributed by atoms with Crippen LogP contribution in [0.2, 0.25) is 0 Å². The molecule has 0 unspecified atom stereocenters. The summed E-state index contributed by atoms with van der Waals surface area (Å²) < 4.78 is 11.2. The summed E-state index contributed by atoms with van der Waals surface area (Å²) >= 11 is 0. The van der Waals surface area contributed by atoms with Crippen LogP contribution >= 0.6 is 0 Å². The molecule has 2 aromatic carbocycles. The van der Waals surface area contributed by atoms with E-state index in [1.165, 1.54) is 0 Å². The number of rotatable bonds is 11. The van der Waals surface area contributed by atoms with Crippen LogP contribution in [0.25, 0.3) is 6.08 Å². The average molecular weight is 367 g/mol. The maximum Gasteiger partial charge on any atom is 0.334 e. The zero-order valence-electron chi connectivity index (χ0n) is 16.4. The first-order valence-corrected chi connectivity index (χ1v) is 9.87. The van der Waals surface area contributed by atoms with Crippen LogP contribution in [0.15, 0.2) is 60.2 Å². The van der Waals surface area contributed by atoms with Crippen molar-refractivity contribution >= 4 is 12.0 Å². The van der Waals surface area contributed by atoms with Gasteiger partial charge in [0.2, 0.25) is 0 Å². The molecule has 3 nitrogen and oxygen atoms in total. The molecule has 0 aliphatic heterocycles. The molecule has 0 radical (unpaired) electrons. The van der Waals surface area contributed by atoms with E-state index in [-0.39, 0.29) is 5.97 Å². The van der Waals surface area contributed by atoms with Crippen LogP contribution in [0.5, 0.6) is 5.75 Å². The minimum atomic E-state index is -0.193. The number of carbonyl (C=O) groups excluding carboxylic acids is 1. The topological polar surface area (TPSA) is 35.5 Å². The van der Waals surface area contributed by atoms with E-state index in [1.54, 1.807) is 0 Å². The number of hydrogen-bond acceptors (Lipinski definition) is 3. The van der Waals surface area contributed by atoms with Gasteiger partial charge in [-0.1, -0.05) is 69.2 Å². The van der Waals surface area contributed by atoms with Crippen molar-refractivity contribution in [2.24, 2.45) is 0 Å². The molecule has 0 aliphatic carbocycles. The maximum absolute atomic E-state index is 12.3. The molecule has 0 bridgehead atoms. The molecular formula is C24H30O3. The first-order valence-electron chi connectivity index (χ1n) is 9.87. The third kappa shape index (κ3) is 7.69. The van der Waals surface area contributed by atoms with Gasteiger partial charge >= 0.3 is 5.97 Å². The predicted molar refractivity (Wildman–Crippen MR) is 111 cm³/mol. The first kappa shape index (κ1) is 20.8. The van der Waals surface area contributed by atoms with Gasteiger partial charge in [0.25, 0.3) is 0 Å². The minimum absolute atomic E-state index is 0.193. The lowest BCUT2D eigenvalue weighted by Gasteiger charge is -2.09. The highest BCUT2D eigenvalue weighted by Gasteiger charge is 2.10. The second kappa shape index (κ2) is 11.9. The molecule has 0 aromatic heterocycles. The number of unbranched alkanes of at least 4 members (excludes halogenated alkanes) is 2. The highest BCUT2D eigenvalue weighted by molar-refractivity contribution is 5.93. The second-order valence-corrected chi connectivity index (χ2v) is 6.61. The van der Waals surface area contributed by atoms with Crippen LogP contribution in [0.4, 0.5) is 0 Å². The molecule has 0 saturated carbocycles. The van der Waals surface area contributed by atoms with Gasteiger partial charge in [-0.15, -0.1) is 0 Å². The lowest BCUT2D eigenvalue weighted by atomic mass is 10.1. The van der Waals surface area contributed by atoms with Crippen LogP contribution in [0.1, 0.15) is 57.1 Å². The third-order valence-corrected chi connectivity index (χ3v) is 4.26. The summed E-state index contributed by atoms with van der Waals surface area (Å²) in [6, 6.07) is 17.9. The van der Waals surface area contributed by atoms with Gasteiger partial charge in [-0.3, -0.25) is 0 Å². The van der Waals surface area contributed by atoms with Gasteiger partial charge in [0, 0.05) is 5.57 Å². The molecule has 2 aromatic rings. The lowest BCUT2D eigenvalue weighted by Crippen LogP contribution is -2.09. The zero-order valence-corrected chi connectivity index (χ0v) is 16.4.